The number of rotatable bonds is 4. The standard InChI is InChI=1S/C17H14ClN3O3S/c1-2-20-15(22)19-16(23)21(17(20)24)12-5-9-14(10-6-12)25-13-7-3-11(18)4-8-13/h3-10H,2H2,1H3,(H,19,22,23). The Morgan fingerprint density at radius 3 is 2.04 bits per heavy atom. The fourth-order valence-electron chi connectivity index (χ4n) is 2.32. The van der Waals surface area contributed by atoms with Crippen LogP contribution in [0.3, 0.4) is 0 Å². The first-order valence-corrected chi connectivity index (χ1v) is 8.69. The molecule has 2 aromatic carbocycles. The molecule has 6 nitrogen and oxygen atoms in total. The van der Waals surface area contributed by atoms with Crippen LogP contribution in [0.2, 0.25) is 5.02 Å². The number of H-pyrrole nitrogens is 1. The lowest BCUT2D eigenvalue weighted by Gasteiger charge is -2.08. The Hall–Kier alpha value is -2.51. The van der Waals surface area contributed by atoms with Crippen molar-refractivity contribution in [3.63, 3.8) is 0 Å². The molecule has 0 saturated heterocycles. The monoisotopic (exact) mass is 375 g/mol. The van der Waals surface area contributed by atoms with Crippen molar-refractivity contribution in [2.24, 2.45) is 0 Å². The van der Waals surface area contributed by atoms with Crippen LogP contribution in [-0.4, -0.2) is 14.1 Å². The fourth-order valence-corrected chi connectivity index (χ4v) is 3.26. The molecule has 0 aliphatic rings. The third-order valence-electron chi connectivity index (χ3n) is 3.54. The molecular formula is C17H14ClN3O3S. The van der Waals surface area contributed by atoms with E-state index in [1.807, 2.05) is 36.4 Å². The molecule has 0 bridgehead atoms. The molecule has 0 spiro atoms. The first kappa shape index (κ1) is 17.3. The highest BCUT2D eigenvalue weighted by Gasteiger charge is 2.10. The maximum Gasteiger partial charge on any atom is 0.340 e. The van der Waals surface area contributed by atoms with Gasteiger partial charge in [-0.1, -0.05) is 23.4 Å². The lowest BCUT2D eigenvalue weighted by Crippen LogP contribution is -2.48. The summed E-state index contributed by atoms with van der Waals surface area (Å²) < 4.78 is 1.92. The number of aromatic amines is 1. The molecular weight excluding hydrogens is 362 g/mol. The number of nitrogens with one attached hydrogen (secondary N) is 1. The zero-order valence-electron chi connectivity index (χ0n) is 13.2. The van der Waals surface area contributed by atoms with Crippen molar-refractivity contribution in [3.05, 3.63) is 85.0 Å². The summed E-state index contributed by atoms with van der Waals surface area (Å²) >= 11 is 7.40. The van der Waals surface area contributed by atoms with Gasteiger partial charge >= 0.3 is 17.1 Å². The van der Waals surface area contributed by atoms with E-state index < -0.39 is 17.1 Å². The second-order valence-corrected chi connectivity index (χ2v) is 6.73. The molecule has 0 aliphatic heterocycles. The van der Waals surface area contributed by atoms with Gasteiger partial charge in [0.2, 0.25) is 0 Å². The minimum absolute atomic E-state index is 0.180. The molecule has 1 heterocycles. The molecule has 3 rings (SSSR count). The second-order valence-electron chi connectivity index (χ2n) is 5.15. The predicted octanol–water partition coefficient (Wildman–Crippen LogP) is 2.51. The van der Waals surface area contributed by atoms with Crippen LogP contribution in [0.5, 0.6) is 0 Å². The highest BCUT2D eigenvalue weighted by Crippen LogP contribution is 2.28. The molecule has 128 valence electrons. The van der Waals surface area contributed by atoms with E-state index in [4.69, 9.17) is 11.6 Å². The van der Waals surface area contributed by atoms with E-state index in [0.29, 0.717) is 10.7 Å². The van der Waals surface area contributed by atoms with Gasteiger partial charge in [0, 0.05) is 21.4 Å². The zero-order chi connectivity index (χ0) is 18.0. The van der Waals surface area contributed by atoms with Crippen LogP contribution in [0.15, 0.2) is 72.7 Å². The van der Waals surface area contributed by atoms with Gasteiger partial charge in [-0.25, -0.2) is 23.5 Å². The average molecular weight is 376 g/mol. The highest BCUT2D eigenvalue weighted by atomic mass is 35.5. The fraction of sp³-hybridized carbons (Fsp3) is 0.118. The second kappa shape index (κ2) is 7.16. The van der Waals surface area contributed by atoms with Crippen LogP contribution < -0.4 is 17.1 Å². The van der Waals surface area contributed by atoms with Crippen molar-refractivity contribution in [1.29, 1.82) is 0 Å². The Labute approximate surface area is 151 Å². The van der Waals surface area contributed by atoms with Crippen molar-refractivity contribution in [2.75, 3.05) is 0 Å². The van der Waals surface area contributed by atoms with Crippen LogP contribution in [0.4, 0.5) is 0 Å². The van der Waals surface area contributed by atoms with Gasteiger partial charge in [0.05, 0.1) is 5.69 Å². The van der Waals surface area contributed by atoms with Gasteiger partial charge in [-0.05, 0) is 55.5 Å². The molecule has 0 fully saturated rings. The smallest absolute Gasteiger partial charge is 0.258 e. The van der Waals surface area contributed by atoms with Crippen LogP contribution in [0.1, 0.15) is 6.92 Å². The lowest BCUT2D eigenvalue weighted by atomic mass is 10.3. The first-order valence-electron chi connectivity index (χ1n) is 7.49. The third-order valence-corrected chi connectivity index (χ3v) is 4.81. The predicted molar refractivity (Wildman–Crippen MR) is 98.2 cm³/mol. The van der Waals surface area contributed by atoms with Crippen molar-refractivity contribution in [2.45, 2.75) is 23.3 Å². The van der Waals surface area contributed by atoms with Gasteiger partial charge < -0.3 is 0 Å². The quantitative estimate of drug-likeness (QED) is 0.760. The van der Waals surface area contributed by atoms with Crippen molar-refractivity contribution in [3.8, 4) is 5.69 Å². The van der Waals surface area contributed by atoms with Crippen molar-refractivity contribution < 1.29 is 0 Å². The minimum atomic E-state index is -0.752. The molecule has 0 radical (unpaired) electrons. The first-order chi connectivity index (χ1) is 12.0. The molecule has 0 amide bonds. The summed E-state index contributed by atoms with van der Waals surface area (Å²) in [5, 5.41) is 0.671. The summed E-state index contributed by atoms with van der Waals surface area (Å²) in [6, 6.07) is 14.4. The average Bonchev–Trinajstić information content (AvgIpc) is 2.58. The molecule has 0 saturated carbocycles. The Kier molecular flexibility index (Phi) is 4.96. The summed E-state index contributed by atoms with van der Waals surface area (Å²) in [5.41, 5.74) is -1.72. The summed E-state index contributed by atoms with van der Waals surface area (Å²) in [6.07, 6.45) is 0. The molecule has 0 atom stereocenters. The maximum atomic E-state index is 12.3. The van der Waals surface area contributed by atoms with Gasteiger partial charge in [0.15, 0.2) is 0 Å². The molecule has 1 N–H and O–H groups in total. The third kappa shape index (κ3) is 3.62. The van der Waals surface area contributed by atoms with E-state index in [1.165, 1.54) is 11.8 Å². The number of benzene rings is 2. The Balaban J connectivity index is 1.96. The number of hydrogen-bond acceptors (Lipinski definition) is 4. The number of nitrogens with zero attached hydrogens (tertiary/aromatic N) is 2. The van der Waals surface area contributed by atoms with Crippen molar-refractivity contribution in [1.82, 2.24) is 14.1 Å². The summed E-state index contributed by atoms with van der Waals surface area (Å²) in [7, 11) is 0. The summed E-state index contributed by atoms with van der Waals surface area (Å²) in [4.78, 5) is 40.1. The van der Waals surface area contributed by atoms with E-state index >= 15 is 0 Å². The van der Waals surface area contributed by atoms with E-state index in [-0.39, 0.29) is 6.54 Å². The SMILES string of the molecule is CCn1c(=O)[nH]c(=O)n(-c2ccc(Sc3ccc(Cl)cc3)cc2)c1=O. The summed E-state index contributed by atoms with van der Waals surface area (Å²) in [6.45, 7) is 1.84. The zero-order valence-corrected chi connectivity index (χ0v) is 14.8. The van der Waals surface area contributed by atoms with Crippen molar-refractivity contribution >= 4 is 23.4 Å². The molecule has 1 aromatic heterocycles. The van der Waals surface area contributed by atoms with Gasteiger partial charge in [0.1, 0.15) is 0 Å². The van der Waals surface area contributed by atoms with Crippen LogP contribution in [-0.2, 0) is 6.54 Å². The van der Waals surface area contributed by atoms with Gasteiger partial charge in [-0.2, -0.15) is 0 Å². The molecule has 0 unspecified atom stereocenters. The van der Waals surface area contributed by atoms with Crippen LogP contribution in [0.25, 0.3) is 5.69 Å². The molecule has 0 aliphatic carbocycles. The summed E-state index contributed by atoms with van der Waals surface area (Å²) in [5.74, 6) is 0. The topological polar surface area (TPSA) is 76.9 Å². The minimum Gasteiger partial charge on any atom is -0.258 e. The van der Waals surface area contributed by atoms with E-state index in [0.717, 1.165) is 18.9 Å². The van der Waals surface area contributed by atoms with E-state index in [1.54, 1.807) is 19.1 Å². The largest absolute Gasteiger partial charge is 0.340 e. The number of hydrogen-bond donors (Lipinski definition) is 1. The maximum absolute atomic E-state index is 12.3. The molecule has 3 aromatic rings. The highest BCUT2D eigenvalue weighted by molar-refractivity contribution is 7.99. The van der Waals surface area contributed by atoms with E-state index in [2.05, 4.69) is 4.98 Å². The van der Waals surface area contributed by atoms with E-state index in [9.17, 15) is 14.4 Å². The Morgan fingerprint density at radius 2 is 1.48 bits per heavy atom. The van der Waals surface area contributed by atoms with Gasteiger partial charge in [-0.15, -0.1) is 0 Å². The Bertz CT molecular complexity index is 1070. The number of aromatic nitrogens is 3. The normalized spacial score (nSPS) is 10.8. The van der Waals surface area contributed by atoms with Crippen LogP contribution in [0, 0.1) is 0 Å². The van der Waals surface area contributed by atoms with Gasteiger partial charge in [-0.3, -0.25) is 4.98 Å². The molecule has 8 heteroatoms. The number of halogens is 1. The Morgan fingerprint density at radius 1 is 0.920 bits per heavy atom. The lowest BCUT2D eigenvalue weighted by molar-refractivity contribution is 0.599. The van der Waals surface area contributed by atoms with Gasteiger partial charge in [0.25, 0.3) is 0 Å². The molecule has 25 heavy (non-hydrogen) atoms. The van der Waals surface area contributed by atoms with Crippen LogP contribution >= 0.6 is 23.4 Å².